The topological polar surface area (TPSA) is 104 Å². The molecule has 2 N–H and O–H groups in total. The smallest absolute Gasteiger partial charge is 0.312 e. The summed E-state index contributed by atoms with van der Waals surface area (Å²) in [4.78, 5) is 18.8. The first-order valence-electron chi connectivity index (χ1n) is 6.02. The third-order valence-electron chi connectivity index (χ3n) is 2.69. The minimum atomic E-state index is -0.477. The van der Waals surface area contributed by atoms with Crippen LogP contribution in [0.5, 0.6) is 11.6 Å². The molecule has 1 heterocycles. The van der Waals surface area contributed by atoms with Gasteiger partial charge in [-0.25, -0.2) is 4.98 Å². The Labute approximate surface area is 125 Å². The van der Waals surface area contributed by atoms with Gasteiger partial charge < -0.3 is 10.5 Å². The van der Waals surface area contributed by atoms with Gasteiger partial charge in [-0.1, -0.05) is 17.8 Å². The fourth-order valence-corrected chi connectivity index (χ4v) is 2.25. The summed E-state index contributed by atoms with van der Waals surface area (Å²) in [5.74, 6) is 0.592. The standard InChI is InChI=1S/C13H14N4O3S/c1-7-4-8(2)12(9(5-7)17(18)19)20-11-6-10(14)15-13(16-11)21-3/h4-6H,1-3H3,(H2,14,15,16). The second-order valence-corrected chi connectivity index (χ2v) is 5.18. The van der Waals surface area contributed by atoms with Crippen molar-refractivity contribution in [3.05, 3.63) is 39.4 Å². The number of aryl methyl sites for hydroxylation is 2. The van der Waals surface area contributed by atoms with Crippen LogP contribution in [0.4, 0.5) is 11.5 Å². The Hall–Kier alpha value is -2.35. The van der Waals surface area contributed by atoms with E-state index in [1.807, 2.05) is 6.07 Å². The molecule has 0 amide bonds. The van der Waals surface area contributed by atoms with Crippen molar-refractivity contribution < 1.29 is 9.66 Å². The first-order valence-corrected chi connectivity index (χ1v) is 7.25. The lowest BCUT2D eigenvalue weighted by atomic mass is 10.1. The molecule has 0 aliphatic rings. The number of hydrogen-bond donors (Lipinski definition) is 1. The minimum absolute atomic E-state index is 0.101. The molecule has 0 saturated carbocycles. The zero-order valence-electron chi connectivity index (χ0n) is 11.8. The van der Waals surface area contributed by atoms with Crippen LogP contribution in [-0.2, 0) is 0 Å². The van der Waals surface area contributed by atoms with Gasteiger partial charge in [0.2, 0.25) is 11.6 Å². The molecule has 0 radical (unpaired) electrons. The van der Waals surface area contributed by atoms with E-state index in [0.29, 0.717) is 10.7 Å². The number of nitrogens with two attached hydrogens (primary N) is 1. The first kappa shape index (κ1) is 15.0. The number of rotatable bonds is 4. The molecule has 1 aromatic carbocycles. The van der Waals surface area contributed by atoms with E-state index >= 15 is 0 Å². The summed E-state index contributed by atoms with van der Waals surface area (Å²) in [7, 11) is 0. The zero-order valence-corrected chi connectivity index (χ0v) is 12.6. The number of nitro benzene ring substituents is 1. The van der Waals surface area contributed by atoms with Gasteiger partial charge >= 0.3 is 5.69 Å². The SMILES string of the molecule is CSc1nc(N)cc(Oc2c(C)cc(C)cc2[N+](=O)[O-])n1. The maximum atomic E-state index is 11.2. The Kier molecular flexibility index (Phi) is 4.27. The van der Waals surface area contributed by atoms with E-state index in [1.165, 1.54) is 23.9 Å². The minimum Gasteiger partial charge on any atom is -0.431 e. The number of ether oxygens (including phenoxy) is 1. The van der Waals surface area contributed by atoms with Crippen molar-refractivity contribution in [2.45, 2.75) is 19.0 Å². The summed E-state index contributed by atoms with van der Waals surface area (Å²) in [5.41, 5.74) is 7.02. The maximum Gasteiger partial charge on any atom is 0.312 e. The number of nitrogen functional groups attached to an aromatic ring is 1. The second-order valence-electron chi connectivity index (χ2n) is 4.41. The van der Waals surface area contributed by atoms with Crippen molar-refractivity contribution in [3.63, 3.8) is 0 Å². The van der Waals surface area contributed by atoms with Gasteiger partial charge in [-0.3, -0.25) is 10.1 Å². The third-order valence-corrected chi connectivity index (χ3v) is 3.23. The summed E-state index contributed by atoms with van der Waals surface area (Å²) in [5, 5.41) is 11.6. The Balaban J connectivity index is 2.48. The molecule has 7 nitrogen and oxygen atoms in total. The molecule has 0 spiro atoms. The van der Waals surface area contributed by atoms with Gasteiger partial charge in [0, 0.05) is 12.1 Å². The molecular weight excluding hydrogens is 292 g/mol. The highest BCUT2D eigenvalue weighted by atomic mass is 32.2. The van der Waals surface area contributed by atoms with Crippen LogP contribution in [0.1, 0.15) is 11.1 Å². The molecular formula is C13H14N4O3S. The van der Waals surface area contributed by atoms with Crippen molar-refractivity contribution in [2.75, 3.05) is 12.0 Å². The number of anilines is 1. The fourth-order valence-electron chi connectivity index (χ4n) is 1.87. The van der Waals surface area contributed by atoms with E-state index in [1.54, 1.807) is 20.1 Å². The van der Waals surface area contributed by atoms with Crippen LogP contribution < -0.4 is 10.5 Å². The van der Waals surface area contributed by atoms with Crippen LogP contribution in [0, 0.1) is 24.0 Å². The maximum absolute atomic E-state index is 11.2. The molecule has 0 unspecified atom stereocenters. The van der Waals surface area contributed by atoms with Crippen LogP contribution in [-0.4, -0.2) is 21.1 Å². The number of hydrogen-bond acceptors (Lipinski definition) is 7. The van der Waals surface area contributed by atoms with Crippen LogP contribution in [0.15, 0.2) is 23.4 Å². The van der Waals surface area contributed by atoms with E-state index in [2.05, 4.69) is 9.97 Å². The average molecular weight is 306 g/mol. The molecule has 0 aliphatic heterocycles. The largest absolute Gasteiger partial charge is 0.431 e. The molecule has 0 aliphatic carbocycles. The third kappa shape index (κ3) is 3.40. The van der Waals surface area contributed by atoms with Crippen molar-refractivity contribution in [1.82, 2.24) is 9.97 Å². The van der Waals surface area contributed by atoms with Gasteiger partial charge in [-0.05, 0) is 31.2 Å². The Bertz CT molecular complexity index is 706. The summed E-state index contributed by atoms with van der Waals surface area (Å²) >= 11 is 1.31. The Morgan fingerprint density at radius 3 is 2.62 bits per heavy atom. The highest BCUT2D eigenvalue weighted by molar-refractivity contribution is 7.98. The molecule has 2 aromatic rings. The quantitative estimate of drug-likeness (QED) is 0.400. The Morgan fingerprint density at radius 2 is 2.00 bits per heavy atom. The average Bonchev–Trinajstić information content (AvgIpc) is 2.40. The molecule has 110 valence electrons. The number of nitro groups is 1. The van der Waals surface area contributed by atoms with Gasteiger partial charge in [-0.15, -0.1) is 0 Å². The van der Waals surface area contributed by atoms with Gasteiger partial charge in [0.1, 0.15) is 5.82 Å². The predicted octanol–water partition coefficient (Wildman–Crippen LogP) is 3.10. The zero-order chi connectivity index (χ0) is 15.6. The lowest BCUT2D eigenvalue weighted by Gasteiger charge is -2.10. The molecule has 0 bridgehead atoms. The van der Waals surface area contributed by atoms with E-state index in [-0.39, 0.29) is 23.1 Å². The van der Waals surface area contributed by atoms with Crippen LogP contribution in [0.25, 0.3) is 0 Å². The normalized spacial score (nSPS) is 10.4. The van der Waals surface area contributed by atoms with Crippen molar-refractivity contribution in [3.8, 4) is 11.6 Å². The molecule has 21 heavy (non-hydrogen) atoms. The van der Waals surface area contributed by atoms with Crippen molar-refractivity contribution in [1.29, 1.82) is 0 Å². The van der Waals surface area contributed by atoms with Crippen LogP contribution >= 0.6 is 11.8 Å². The first-order chi connectivity index (χ1) is 9.90. The number of aromatic nitrogens is 2. The number of thioether (sulfide) groups is 1. The van der Waals surface area contributed by atoms with Crippen LogP contribution in [0.3, 0.4) is 0 Å². The number of benzene rings is 1. The van der Waals surface area contributed by atoms with E-state index in [0.717, 1.165) is 5.56 Å². The van der Waals surface area contributed by atoms with E-state index in [9.17, 15) is 10.1 Å². The summed E-state index contributed by atoms with van der Waals surface area (Å²) < 4.78 is 5.59. The second kappa shape index (κ2) is 5.96. The number of nitrogens with zero attached hydrogens (tertiary/aromatic N) is 3. The van der Waals surface area contributed by atoms with Gasteiger partial charge in [0.25, 0.3) is 0 Å². The highest BCUT2D eigenvalue weighted by Crippen LogP contribution is 2.35. The lowest BCUT2D eigenvalue weighted by molar-refractivity contribution is -0.385. The van der Waals surface area contributed by atoms with E-state index in [4.69, 9.17) is 10.5 Å². The van der Waals surface area contributed by atoms with E-state index < -0.39 is 4.92 Å². The lowest BCUT2D eigenvalue weighted by Crippen LogP contribution is -2.00. The molecule has 0 fully saturated rings. The molecule has 0 saturated heterocycles. The molecule has 0 atom stereocenters. The molecule has 1 aromatic heterocycles. The fraction of sp³-hybridized carbons (Fsp3) is 0.231. The summed E-state index contributed by atoms with van der Waals surface area (Å²) in [6.07, 6.45) is 1.80. The predicted molar refractivity (Wildman–Crippen MR) is 80.9 cm³/mol. The highest BCUT2D eigenvalue weighted by Gasteiger charge is 2.20. The van der Waals surface area contributed by atoms with Crippen molar-refractivity contribution >= 4 is 23.3 Å². The van der Waals surface area contributed by atoms with Gasteiger partial charge in [-0.2, -0.15) is 4.98 Å². The monoisotopic (exact) mass is 306 g/mol. The molecule has 8 heteroatoms. The summed E-state index contributed by atoms with van der Waals surface area (Å²) in [6.45, 7) is 3.54. The van der Waals surface area contributed by atoms with Crippen LogP contribution in [0.2, 0.25) is 0 Å². The molecule has 2 rings (SSSR count). The Morgan fingerprint density at radius 1 is 1.29 bits per heavy atom. The summed E-state index contributed by atoms with van der Waals surface area (Å²) in [6, 6.07) is 4.70. The van der Waals surface area contributed by atoms with Crippen molar-refractivity contribution in [2.24, 2.45) is 0 Å². The van der Waals surface area contributed by atoms with Gasteiger partial charge in [0.05, 0.1) is 4.92 Å². The van der Waals surface area contributed by atoms with Gasteiger partial charge in [0.15, 0.2) is 5.16 Å².